The van der Waals surface area contributed by atoms with E-state index in [2.05, 4.69) is 34.5 Å². The van der Waals surface area contributed by atoms with Crippen molar-refractivity contribution in [1.82, 2.24) is 5.32 Å². The van der Waals surface area contributed by atoms with Crippen molar-refractivity contribution in [3.05, 3.63) is 138 Å². The van der Waals surface area contributed by atoms with Gasteiger partial charge in [-0.25, -0.2) is 4.79 Å². The minimum absolute atomic E-state index is 0.228. The van der Waals surface area contributed by atoms with E-state index < -0.39 is 17.9 Å². The molecule has 0 saturated carbocycles. The number of carbonyl (C=O) groups is 2. The van der Waals surface area contributed by atoms with Gasteiger partial charge in [0.25, 0.3) is 5.91 Å². The number of carboxylic acids is 1. The average Bonchev–Trinajstić information content (AvgIpc) is 2.90. The van der Waals surface area contributed by atoms with Crippen LogP contribution < -0.4 is 10.2 Å². The van der Waals surface area contributed by atoms with Crippen LogP contribution in [0.25, 0.3) is 0 Å². The fourth-order valence-electron chi connectivity index (χ4n) is 3.95. The molecule has 0 fully saturated rings. The Labute approximate surface area is 205 Å². The molecule has 0 saturated heterocycles. The Bertz CT molecular complexity index is 1230. The lowest BCUT2D eigenvalue weighted by Gasteiger charge is -2.25. The number of benzene rings is 4. The molecular formula is C30H28N2O3. The Hall–Kier alpha value is -4.38. The highest BCUT2D eigenvalue weighted by atomic mass is 16.4. The van der Waals surface area contributed by atoms with Crippen LogP contribution in [-0.4, -0.2) is 23.0 Å². The first-order valence-electron chi connectivity index (χ1n) is 11.6. The predicted molar refractivity (Wildman–Crippen MR) is 138 cm³/mol. The fourth-order valence-corrected chi connectivity index (χ4v) is 3.95. The Balaban J connectivity index is 1.44. The number of nitrogens with zero attached hydrogens (tertiary/aromatic N) is 1. The lowest BCUT2D eigenvalue weighted by molar-refractivity contribution is -0.139. The van der Waals surface area contributed by atoms with Crippen LogP contribution >= 0.6 is 0 Å². The smallest absolute Gasteiger partial charge is 0.326 e. The summed E-state index contributed by atoms with van der Waals surface area (Å²) in [5.41, 5.74) is 4.67. The van der Waals surface area contributed by atoms with E-state index in [1.165, 1.54) is 5.56 Å². The van der Waals surface area contributed by atoms with Gasteiger partial charge in [-0.2, -0.15) is 0 Å². The summed E-state index contributed by atoms with van der Waals surface area (Å²) in [6, 6.07) is 36.1. The van der Waals surface area contributed by atoms with Crippen molar-refractivity contribution >= 4 is 17.6 Å². The zero-order valence-corrected chi connectivity index (χ0v) is 19.4. The molecule has 1 amide bonds. The number of para-hydroxylation sites is 1. The van der Waals surface area contributed by atoms with Gasteiger partial charge in [-0.3, -0.25) is 4.79 Å². The maximum absolute atomic E-state index is 12.8. The summed E-state index contributed by atoms with van der Waals surface area (Å²) in [5, 5.41) is 12.2. The summed E-state index contributed by atoms with van der Waals surface area (Å²) in [5.74, 6) is -1.46. The van der Waals surface area contributed by atoms with Gasteiger partial charge in [0.1, 0.15) is 6.04 Å². The van der Waals surface area contributed by atoms with Crippen molar-refractivity contribution in [3.8, 4) is 0 Å². The van der Waals surface area contributed by atoms with Crippen molar-refractivity contribution in [2.24, 2.45) is 0 Å². The molecule has 0 spiro atoms. The van der Waals surface area contributed by atoms with Crippen molar-refractivity contribution < 1.29 is 14.7 Å². The Morgan fingerprint density at radius 2 is 1.14 bits per heavy atom. The van der Waals surface area contributed by atoms with E-state index in [-0.39, 0.29) is 6.42 Å². The predicted octanol–water partition coefficient (Wildman–Crippen LogP) is 5.32. The van der Waals surface area contributed by atoms with Gasteiger partial charge in [0.15, 0.2) is 0 Å². The minimum atomic E-state index is -1.06. The van der Waals surface area contributed by atoms with Crippen LogP contribution in [0, 0.1) is 0 Å². The van der Waals surface area contributed by atoms with Crippen molar-refractivity contribution in [2.75, 3.05) is 4.90 Å². The van der Waals surface area contributed by atoms with Crippen LogP contribution in [0.3, 0.4) is 0 Å². The number of hydrogen-bond donors (Lipinski definition) is 2. The highest BCUT2D eigenvalue weighted by Gasteiger charge is 2.21. The van der Waals surface area contributed by atoms with E-state index in [1.54, 1.807) is 12.1 Å². The molecule has 2 N–H and O–H groups in total. The molecule has 5 nitrogen and oxygen atoms in total. The number of amides is 1. The monoisotopic (exact) mass is 464 g/mol. The Kier molecular flexibility index (Phi) is 7.92. The molecule has 0 aliphatic rings. The number of rotatable bonds is 10. The van der Waals surface area contributed by atoms with Crippen LogP contribution in [0.4, 0.5) is 5.69 Å². The van der Waals surface area contributed by atoms with Crippen LogP contribution in [0.15, 0.2) is 115 Å². The zero-order chi connectivity index (χ0) is 24.5. The first-order chi connectivity index (χ1) is 17.1. The summed E-state index contributed by atoms with van der Waals surface area (Å²) >= 11 is 0. The average molecular weight is 465 g/mol. The van der Waals surface area contributed by atoms with Crippen molar-refractivity contribution in [2.45, 2.75) is 25.6 Å². The lowest BCUT2D eigenvalue weighted by Crippen LogP contribution is -2.42. The number of carboxylic acid groups (broad SMARTS) is 1. The maximum atomic E-state index is 12.8. The van der Waals surface area contributed by atoms with Crippen molar-refractivity contribution in [1.29, 1.82) is 0 Å². The zero-order valence-electron chi connectivity index (χ0n) is 19.4. The Morgan fingerprint density at radius 3 is 1.69 bits per heavy atom. The molecule has 5 heteroatoms. The van der Waals surface area contributed by atoms with Crippen LogP contribution in [0.5, 0.6) is 0 Å². The fraction of sp³-hybridized carbons (Fsp3) is 0.133. The third-order valence-electron chi connectivity index (χ3n) is 5.81. The van der Waals surface area contributed by atoms with Gasteiger partial charge in [-0.05, 0) is 41.0 Å². The Morgan fingerprint density at radius 1 is 0.657 bits per heavy atom. The van der Waals surface area contributed by atoms with Gasteiger partial charge >= 0.3 is 5.97 Å². The second-order valence-corrected chi connectivity index (χ2v) is 8.43. The number of nitrogens with one attached hydrogen (secondary N) is 1. The van der Waals surface area contributed by atoms with Gasteiger partial charge in [0.05, 0.1) is 0 Å². The van der Waals surface area contributed by atoms with E-state index in [0.717, 1.165) is 23.4 Å². The standard InChI is InChI=1S/C30H28N2O3/c33-29(31-28(30(34)35)20-23-10-4-1-5-11-23)26-18-16-25(17-19-26)22-32(27-14-8-3-9-15-27)21-24-12-6-2-7-13-24/h1-19,28H,20-22H2,(H,31,33)(H,34,35)/t28-/m1/s1. The number of aliphatic carboxylic acids is 1. The van der Waals surface area contributed by atoms with E-state index in [1.807, 2.05) is 78.9 Å². The number of anilines is 1. The maximum Gasteiger partial charge on any atom is 0.326 e. The number of carbonyl (C=O) groups excluding carboxylic acids is 1. The molecule has 4 aromatic rings. The summed E-state index contributed by atoms with van der Waals surface area (Å²) in [4.78, 5) is 26.8. The van der Waals surface area contributed by atoms with E-state index in [9.17, 15) is 14.7 Å². The van der Waals surface area contributed by atoms with Gasteiger partial charge in [0.2, 0.25) is 0 Å². The van der Waals surface area contributed by atoms with Crippen molar-refractivity contribution in [3.63, 3.8) is 0 Å². The molecule has 0 aliphatic heterocycles. The first kappa shape index (κ1) is 23.8. The minimum Gasteiger partial charge on any atom is -0.480 e. The second kappa shape index (κ2) is 11.7. The molecule has 0 aromatic heterocycles. The summed E-state index contributed by atoms with van der Waals surface area (Å²) in [6.07, 6.45) is 0.228. The van der Waals surface area contributed by atoms with Crippen LogP contribution in [-0.2, 0) is 24.3 Å². The third-order valence-corrected chi connectivity index (χ3v) is 5.81. The largest absolute Gasteiger partial charge is 0.480 e. The molecule has 4 rings (SSSR count). The summed E-state index contributed by atoms with van der Waals surface area (Å²) in [6.45, 7) is 1.43. The quantitative estimate of drug-likeness (QED) is 0.333. The second-order valence-electron chi connectivity index (χ2n) is 8.43. The molecule has 0 radical (unpaired) electrons. The molecular weight excluding hydrogens is 436 g/mol. The molecule has 1 atom stereocenters. The topological polar surface area (TPSA) is 69.6 Å². The van der Waals surface area contributed by atoms with Gasteiger partial charge in [0, 0.05) is 30.8 Å². The molecule has 0 unspecified atom stereocenters. The van der Waals surface area contributed by atoms with Gasteiger partial charge in [-0.15, -0.1) is 0 Å². The highest BCUT2D eigenvalue weighted by Crippen LogP contribution is 2.20. The van der Waals surface area contributed by atoms with Crippen LogP contribution in [0.2, 0.25) is 0 Å². The summed E-state index contributed by atoms with van der Waals surface area (Å²) in [7, 11) is 0. The van der Waals surface area contributed by atoms with E-state index in [0.29, 0.717) is 12.1 Å². The molecule has 0 heterocycles. The van der Waals surface area contributed by atoms with Crippen LogP contribution in [0.1, 0.15) is 27.0 Å². The summed E-state index contributed by atoms with van der Waals surface area (Å²) < 4.78 is 0. The molecule has 176 valence electrons. The SMILES string of the molecule is O=C(N[C@H](Cc1ccccc1)C(=O)O)c1ccc(CN(Cc2ccccc2)c2ccccc2)cc1. The van der Waals surface area contributed by atoms with E-state index in [4.69, 9.17) is 0 Å². The molecule has 0 bridgehead atoms. The van der Waals surface area contributed by atoms with Gasteiger partial charge < -0.3 is 15.3 Å². The van der Waals surface area contributed by atoms with E-state index >= 15 is 0 Å². The lowest BCUT2D eigenvalue weighted by atomic mass is 10.0. The molecule has 4 aromatic carbocycles. The third kappa shape index (κ3) is 6.81. The normalized spacial score (nSPS) is 11.4. The molecule has 35 heavy (non-hydrogen) atoms. The highest BCUT2D eigenvalue weighted by molar-refractivity contribution is 5.96. The van der Waals surface area contributed by atoms with Gasteiger partial charge in [-0.1, -0.05) is 91.0 Å². The number of hydrogen-bond acceptors (Lipinski definition) is 3. The molecule has 0 aliphatic carbocycles. The first-order valence-corrected chi connectivity index (χ1v) is 11.6.